The normalized spacial score (nSPS) is 18.2. The van der Waals surface area contributed by atoms with Crippen LogP contribution in [0.25, 0.3) is 0 Å². The highest BCUT2D eigenvalue weighted by Crippen LogP contribution is 2.23. The van der Waals surface area contributed by atoms with E-state index in [1.165, 1.54) is 0 Å². The zero-order chi connectivity index (χ0) is 10.3. The van der Waals surface area contributed by atoms with Gasteiger partial charge in [-0.25, -0.2) is 0 Å². The van der Waals surface area contributed by atoms with Crippen LogP contribution in [-0.4, -0.2) is 23.4 Å². The number of ether oxygens (including phenoxy) is 1. The average molecular weight is 188 g/mol. The van der Waals surface area contributed by atoms with Crippen LogP contribution in [0.5, 0.6) is 0 Å². The largest absolute Gasteiger partial charge is 0.390 e. The highest BCUT2D eigenvalue weighted by molar-refractivity contribution is 4.82. The molecule has 80 valence electrons. The van der Waals surface area contributed by atoms with Crippen molar-refractivity contribution in [2.45, 2.75) is 65.1 Å². The second-order valence-electron chi connectivity index (χ2n) is 3.76. The Morgan fingerprint density at radius 1 is 1.31 bits per heavy atom. The van der Waals surface area contributed by atoms with Gasteiger partial charge in [0.1, 0.15) is 0 Å². The summed E-state index contributed by atoms with van der Waals surface area (Å²) in [6.45, 7) is 8.84. The molecule has 0 rings (SSSR count). The van der Waals surface area contributed by atoms with Gasteiger partial charge in [-0.15, -0.1) is 0 Å². The van der Waals surface area contributed by atoms with Crippen LogP contribution in [0, 0.1) is 0 Å². The van der Waals surface area contributed by atoms with Gasteiger partial charge in [-0.05, 0) is 26.7 Å². The molecule has 2 nitrogen and oxygen atoms in total. The van der Waals surface area contributed by atoms with Crippen molar-refractivity contribution in [1.29, 1.82) is 0 Å². The molecule has 13 heavy (non-hydrogen) atoms. The first-order chi connectivity index (χ1) is 6.10. The van der Waals surface area contributed by atoms with E-state index in [2.05, 4.69) is 13.8 Å². The number of unbranched alkanes of at least 4 members (excludes halogenated alkanes) is 1. The van der Waals surface area contributed by atoms with Crippen molar-refractivity contribution in [3.05, 3.63) is 0 Å². The topological polar surface area (TPSA) is 29.5 Å². The fourth-order valence-corrected chi connectivity index (χ4v) is 1.47. The zero-order valence-corrected chi connectivity index (χ0v) is 9.47. The summed E-state index contributed by atoms with van der Waals surface area (Å²) >= 11 is 0. The Balaban J connectivity index is 4.03. The molecule has 0 saturated carbocycles. The molecule has 0 radical (unpaired) electrons. The number of hydrogen-bond donors (Lipinski definition) is 1. The number of aliphatic hydroxyl groups is 1. The molecule has 0 spiro atoms. The first-order valence-corrected chi connectivity index (χ1v) is 5.42. The quantitative estimate of drug-likeness (QED) is 0.665. The van der Waals surface area contributed by atoms with E-state index >= 15 is 0 Å². The van der Waals surface area contributed by atoms with E-state index in [0.717, 1.165) is 25.7 Å². The Bertz CT molecular complexity index is 125. The fraction of sp³-hybridized carbons (Fsp3) is 1.00. The Morgan fingerprint density at radius 2 is 1.92 bits per heavy atom. The first kappa shape index (κ1) is 12.9. The standard InChI is InChI=1S/C11H24O2/c1-5-8-9-10(12)11(4,6-2)13-7-3/h10,12H,5-9H2,1-4H3. The summed E-state index contributed by atoms with van der Waals surface area (Å²) < 4.78 is 5.59. The molecule has 0 heterocycles. The Labute approximate surface area is 82.3 Å². The van der Waals surface area contributed by atoms with Crippen LogP contribution in [0.15, 0.2) is 0 Å². The lowest BCUT2D eigenvalue weighted by Crippen LogP contribution is -2.41. The van der Waals surface area contributed by atoms with Crippen LogP contribution in [0.1, 0.15) is 53.4 Å². The first-order valence-electron chi connectivity index (χ1n) is 5.42. The van der Waals surface area contributed by atoms with Crippen molar-refractivity contribution < 1.29 is 9.84 Å². The second-order valence-corrected chi connectivity index (χ2v) is 3.76. The van der Waals surface area contributed by atoms with Crippen molar-refractivity contribution in [2.24, 2.45) is 0 Å². The van der Waals surface area contributed by atoms with Crippen LogP contribution in [0.2, 0.25) is 0 Å². The summed E-state index contributed by atoms with van der Waals surface area (Å²) in [5.74, 6) is 0. The highest BCUT2D eigenvalue weighted by Gasteiger charge is 2.30. The molecule has 0 aromatic heterocycles. The molecular formula is C11H24O2. The minimum atomic E-state index is -0.343. The lowest BCUT2D eigenvalue weighted by atomic mass is 9.92. The molecule has 1 N–H and O–H groups in total. The van der Waals surface area contributed by atoms with E-state index in [9.17, 15) is 5.11 Å². The summed E-state index contributed by atoms with van der Waals surface area (Å²) in [7, 11) is 0. The summed E-state index contributed by atoms with van der Waals surface area (Å²) in [5, 5.41) is 9.91. The van der Waals surface area contributed by atoms with Crippen LogP contribution in [0.3, 0.4) is 0 Å². The van der Waals surface area contributed by atoms with Gasteiger partial charge in [0.05, 0.1) is 11.7 Å². The van der Waals surface area contributed by atoms with Crippen LogP contribution in [0.4, 0.5) is 0 Å². The van der Waals surface area contributed by atoms with E-state index < -0.39 is 0 Å². The number of hydrogen-bond acceptors (Lipinski definition) is 2. The molecule has 0 saturated heterocycles. The smallest absolute Gasteiger partial charge is 0.0909 e. The van der Waals surface area contributed by atoms with Gasteiger partial charge in [0.25, 0.3) is 0 Å². The molecular weight excluding hydrogens is 164 g/mol. The van der Waals surface area contributed by atoms with Gasteiger partial charge in [-0.2, -0.15) is 0 Å². The third-order valence-electron chi connectivity index (χ3n) is 2.71. The maximum atomic E-state index is 9.91. The Kier molecular flexibility index (Phi) is 6.35. The van der Waals surface area contributed by atoms with Crippen molar-refractivity contribution in [1.82, 2.24) is 0 Å². The average Bonchev–Trinajstić information content (AvgIpc) is 2.14. The van der Waals surface area contributed by atoms with Gasteiger partial charge in [-0.1, -0.05) is 26.7 Å². The Hall–Kier alpha value is -0.0800. The summed E-state index contributed by atoms with van der Waals surface area (Å²) in [6, 6.07) is 0. The predicted octanol–water partition coefficient (Wildman–Crippen LogP) is 2.74. The predicted molar refractivity (Wildman–Crippen MR) is 55.9 cm³/mol. The molecule has 2 atom stereocenters. The third-order valence-corrected chi connectivity index (χ3v) is 2.71. The van der Waals surface area contributed by atoms with Gasteiger partial charge < -0.3 is 9.84 Å². The molecule has 0 aliphatic carbocycles. The molecule has 0 amide bonds. The molecule has 2 unspecified atom stereocenters. The van der Waals surface area contributed by atoms with Gasteiger partial charge in [0.2, 0.25) is 0 Å². The van der Waals surface area contributed by atoms with E-state index in [1.807, 2.05) is 13.8 Å². The Morgan fingerprint density at radius 3 is 2.31 bits per heavy atom. The number of rotatable bonds is 7. The van der Waals surface area contributed by atoms with Gasteiger partial charge in [0.15, 0.2) is 0 Å². The van der Waals surface area contributed by atoms with Crippen LogP contribution >= 0.6 is 0 Å². The maximum absolute atomic E-state index is 9.91. The summed E-state index contributed by atoms with van der Waals surface area (Å²) in [5.41, 5.74) is -0.343. The third kappa shape index (κ3) is 4.10. The second kappa shape index (κ2) is 6.39. The molecule has 0 aromatic carbocycles. The molecule has 0 fully saturated rings. The van der Waals surface area contributed by atoms with E-state index in [1.54, 1.807) is 0 Å². The minimum Gasteiger partial charge on any atom is -0.390 e. The van der Waals surface area contributed by atoms with Gasteiger partial charge >= 0.3 is 0 Å². The summed E-state index contributed by atoms with van der Waals surface area (Å²) in [6.07, 6.45) is 3.59. The molecule has 0 aliphatic rings. The molecule has 0 aromatic rings. The van der Waals surface area contributed by atoms with E-state index in [-0.39, 0.29) is 11.7 Å². The van der Waals surface area contributed by atoms with Crippen LogP contribution < -0.4 is 0 Å². The van der Waals surface area contributed by atoms with E-state index in [0.29, 0.717) is 6.61 Å². The molecule has 0 aliphatic heterocycles. The lowest BCUT2D eigenvalue weighted by Gasteiger charge is -2.33. The monoisotopic (exact) mass is 188 g/mol. The van der Waals surface area contributed by atoms with Crippen molar-refractivity contribution in [3.8, 4) is 0 Å². The minimum absolute atomic E-state index is 0.322. The van der Waals surface area contributed by atoms with Crippen molar-refractivity contribution >= 4 is 0 Å². The van der Waals surface area contributed by atoms with E-state index in [4.69, 9.17) is 4.74 Å². The van der Waals surface area contributed by atoms with Gasteiger partial charge in [-0.3, -0.25) is 0 Å². The van der Waals surface area contributed by atoms with Crippen molar-refractivity contribution in [3.63, 3.8) is 0 Å². The fourth-order valence-electron chi connectivity index (χ4n) is 1.47. The lowest BCUT2D eigenvalue weighted by molar-refractivity contribution is -0.113. The van der Waals surface area contributed by atoms with Crippen LogP contribution in [-0.2, 0) is 4.74 Å². The molecule has 0 bridgehead atoms. The zero-order valence-electron chi connectivity index (χ0n) is 9.47. The molecule has 2 heteroatoms. The highest BCUT2D eigenvalue weighted by atomic mass is 16.5. The maximum Gasteiger partial charge on any atom is 0.0909 e. The number of aliphatic hydroxyl groups excluding tert-OH is 1. The van der Waals surface area contributed by atoms with Crippen molar-refractivity contribution in [2.75, 3.05) is 6.61 Å². The summed E-state index contributed by atoms with van der Waals surface area (Å²) in [4.78, 5) is 0. The van der Waals surface area contributed by atoms with Gasteiger partial charge in [0, 0.05) is 6.61 Å². The SMILES string of the molecule is CCCCC(O)C(C)(CC)OCC.